The van der Waals surface area contributed by atoms with Gasteiger partial charge in [-0.15, -0.1) is 11.6 Å². The van der Waals surface area contributed by atoms with Crippen molar-refractivity contribution in [2.45, 2.75) is 46.0 Å². The van der Waals surface area contributed by atoms with Gasteiger partial charge in [0, 0.05) is 5.88 Å². The van der Waals surface area contributed by atoms with Crippen LogP contribution in [0.5, 0.6) is 0 Å². The van der Waals surface area contributed by atoms with Crippen LogP contribution >= 0.6 is 11.6 Å². The molecule has 1 saturated carbocycles. The van der Waals surface area contributed by atoms with E-state index in [0.717, 1.165) is 23.6 Å². The van der Waals surface area contributed by atoms with Crippen LogP contribution in [0.4, 0.5) is 0 Å². The molecule has 0 heterocycles. The average molecular weight is 189 g/mol. The minimum absolute atomic E-state index is 0.859. The van der Waals surface area contributed by atoms with Crippen molar-refractivity contribution in [2.75, 3.05) is 5.88 Å². The van der Waals surface area contributed by atoms with Gasteiger partial charge in [-0.05, 0) is 37.0 Å². The quantitative estimate of drug-likeness (QED) is 0.584. The first kappa shape index (κ1) is 10.4. The van der Waals surface area contributed by atoms with E-state index in [4.69, 9.17) is 11.6 Å². The summed E-state index contributed by atoms with van der Waals surface area (Å²) in [7, 11) is 0. The third-order valence-corrected chi connectivity index (χ3v) is 3.74. The van der Waals surface area contributed by atoms with Gasteiger partial charge in [0.05, 0.1) is 0 Å². The van der Waals surface area contributed by atoms with Crippen LogP contribution < -0.4 is 0 Å². The predicted octanol–water partition coefficient (Wildman–Crippen LogP) is 4.08. The van der Waals surface area contributed by atoms with E-state index in [9.17, 15) is 0 Å². The summed E-state index contributed by atoms with van der Waals surface area (Å²) in [5.74, 6) is 3.78. The molecule has 1 aliphatic rings. The summed E-state index contributed by atoms with van der Waals surface area (Å²) in [5.41, 5.74) is 0. The summed E-state index contributed by atoms with van der Waals surface area (Å²) in [6, 6.07) is 0. The second-order valence-corrected chi connectivity index (χ2v) is 4.53. The highest BCUT2D eigenvalue weighted by Gasteiger charge is 2.31. The molecule has 0 aromatic carbocycles. The Hall–Kier alpha value is 0.290. The van der Waals surface area contributed by atoms with Gasteiger partial charge in [0.1, 0.15) is 0 Å². The van der Waals surface area contributed by atoms with E-state index in [2.05, 4.69) is 13.8 Å². The molecular formula is C11H21Cl. The molecule has 1 rings (SSSR count). The van der Waals surface area contributed by atoms with Gasteiger partial charge in [-0.2, -0.15) is 0 Å². The molecule has 0 bridgehead atoms. The Balaban J connectivity index is 2.39. The molecule has 1 heteroatoms. The molecule has 0 N–H and O–H groups in total. The van der Waals surface area contributed by atoms with E-state index in [0.29, 0.717) is 0 Å². The van der Waals surface area contributed by atoms with Crippen molar-refractivity contribution in [3.63, 3.8) is 0 Å². The van der Waals surface area contributed by atoms with Gasteiger partial charge in [-0.1, -0.05) is 26.7 Å². The van der Waals surface area contributed by atoms with E-state index in [1.54, 1.807) is 0 Å². The topological polar surface area (TPSA) is 0 Å². The minimum Gasteiger partial charge on any atom is -0.127 e. The molecular weight excluding hydrogens is 168 g/mol. The smallest absolute Gasteiger partial charge is 0.0226 e. The highest BCUT2D eigenvalue weighted by Crippen LogP contribution is 2.41. The summed E-state index contributed by atoms with van der Waals surface area (Å²) < 4.78 is 0. The maximum atomic E-state index is 5.79. The molecule has 0 amide bonds. The van der Waals surface area contributed by atoms with Gasteiger partial charge in [-0.25, -0.2) is 0 Å². The molecule has 0 spiro atoms. The first-order valence-electron chi connectivity index (χ1n) is 5.37. The molecule has 0 nitrogen and oxygen atoms in total. The molecule has 0 radical (unpaired) electrons. The maximum Gasteiger partial charge on any atom is 0.0226 e. The molecule has 3 atom stereocenters. The van der Waals surface area contributed by atoms with Crippen molar-refractivity contribution in [2.24, 2.45) is 17.8 Å². The van der Waals surface area contributed by atoms with Gasteiger partial charge >= 0.3 is 0 Å². The zero-order chi connectivity index (χ0) is 8.97. The summed E-state index contributed by atoms with van der Waals surface area (Å²) in [4.78, 5) is 0. The van der Waals surface area contributed by atoms with E-state index in [1.165, 1.54) is 32.1 Å². The van der Waals surface area contributed by atoms with E-state index >= 15 is 0 Å². The Labute approximate surface area is 81.7 Å². The van der Waals surface area contributed by atoms with Gasteiger partial charge in [0.25, 0.3) is 0 Å². The van der Waals surface area contributed by atoms with Crippen LogP contribution in [-0.2, 0) is 0 Å². The molecule has 0 aliphatic heterocycles. The third kappa shape index (κ3) is 2.39. The SMILES string of the molecule is CCC1CC(CC)C(CCCl)C1. The molecule has 1 fully saturated rings. The van der Waals surface area contributed by atoms with Crippen LogP contribution in [-0.4, -0.2) is 5.88 Å². The Kier molecular flexibility index (Phi) is 4.42. The largest absolute Gasteiger partial charge is 0.127 e. The fourth-order valence-corrected chi connectivity index (χ4v) is 2.94. The normalized spacial score (nSPS) is 35.8. The summed E-state index contributed by atoms with van der Waals surface area (Å²) in [5, 5.41) is 0. The lowest BCUT2D eigenvalue weighted by Gasteiger charge is -2.15. The van der Waals surface area contributed by atoms with Gasteiger partial charge in [0.2, 0.25) is 0 Å². The second kappa shape index (κ2) is 5.11. The van der Waals surface area contributed by atoms with Crippen molar-refractivity contribution >= 4 is 11.6 Å². The van der Waals surface area contributed by atoms with E-state index < -0.39 is 0 Å². The van der Waals surface area contributed by atoms with Gasteiger partial charge < -0.3 is 0 Å². The van der Waals surface area contributed by atoms with Gasteiger partial charge in [0.15, 0.2) is 0 Å². The van der Waals surface area contributed by atoms with Crippen LogP contribution in [0.3, 0.4) is 0 Å². The van der Waals surface area contributed by atoms with Crippen LogP contribution in [0.1, 0.15) is 46.0 Å². The Morgan fingerprint density at radius 1 is 1.08 bits per heavy atom. The Morgan fingerprint density at radius 2 is 1.75 bits per heavy atom. The fourth-order valence-electron chi connectivity index (χ4n) is 2.66. The lowest BCUT2D eigenvalue weighted by Crippen LogP contribution is -2.06. The minimum atomic E-state index is 0.859. The fraction of sp³-hybridized carbons (Fsp3) is 1.00. The molecule has 12 heavy (non-hydrogen) atoms. The third-order valence-electron chi connectivity index (χ3n) is 3.52. The summed E-state index contributed by atoms with van der Waals surface area (Å²) in [6.45, 7) is 4.64. The van der Waals surface area contributed by atoms with Crippen molar-refractivity contribution in [1.29, 1.82) is 0 Å². The average Bonchev–Trinajstić information content (AvgIpc) is 2.48. The summed E-state index contributed by atoms with van der Waals surface area (Å²) >= 11 is 5.79. The Bertz CT molecular complexity index is 122. The first-order valence-corrected chi connectivity index (χ1v) is 5.91. The van der Waals surface area contributed by atoms with Crippen LogP contribution in [0.15, 0.2) is 0 Å². The zero-order valence-corrected chi connectivity index (χ0v) is 9.11. The van der Waals surface area contributed by atoms with Crippen molar-refractivity contribution in [3.05, 3.63) is 0 Å². The lowest BCUT2D eigenvalue weighted by atomic mass is 9.92. The highest BCUT2D eigenvalue weighted by molar-refractivity contribution is 6.17. The van der Waals surface area contributed by atoms with E-state index in [-0.39, 0.29) is 0 Å². The van der Waals surface area contributed by atoms with Crippen molar-refractivity contribution < 1.29 is 0 Å². The highest BCUT2D eigenvalue weighted by atomic mass is 35.5. The molecule has 3 unspecified atom stereocenters. The van der Waals surface area contributed by atoms with Crippen molar-refractivity contribution in [3.8, 4) is 0 Å². The monoisotopic (exact) mass is 188 g/mol. The molecule has 0 aromatic heterocycles. The maximum absolute atomic E-state index is 5.79. The molecule has 1 aliphatic carbocycles. The van der Waals surface area contributed by atoms with E-state index in [1.807, 2.05) is 0 Å². The first-order chi connectivity index (χ1) is 5.81. The van der Waals surface area contributed by atoms with Crippen LogP contribution in [0.2, 0.25) is 0 Å². The van der Waals surface area contributed by atoms with Crippen LogP contribution in [0, 0.1) is 17.8 Å². The predicted molar refractivity (Wildman–Crippen MR) is 55.6 cm³/mol. The lowest BCUT2D eigenvalue weighted by molar-refractivity contribution is 0.369. The molecule has 72 valence electrons. The summed E-state index contributed by atoms with van der Waals surface area (Å²) in [6.07, 6.45) is 6.89. The number of halogens is 1. The zero-order valence-electron chi connectivity index (χ0n) is 8.35. The Morgan fingerprint density at radius 3 is 2.25 bits per heavy atom. The number of rotatable bonds is 4. The van der Waals surface area contributed by atoms with Crippen LogP contribution in [0.25, 0.3) is 0 Å². The number of alkyl halides is 1. The standard InChI is InChI=1S/C11H21Cl/c1-3-9-7-10(4-2)11(8-9)5-6-12/h9-11H,3-8H2,1-2H3. The molecule has 0 saturated heterocycles. The van der Waals surface area contributed by atoms with Crippen molar-refractivity contribution in [1.82, 2.24) is 0 Å². The molecule has 0 aromatic rings. The number of hydrogen-bond donors (Lipinski definition) is 0. The van der Waals surface area contributed by atoms with Gasteiger partial charge in [-0.3, -0.25) is 0 Å². The number of hydrogen-bond acceptors (Lipinski definition) is 0. The second-order valence-electron chi connectivity index (χ2n) is 4.15.